The summed E-state index contributed by atoms with van der Waals surface area (Å²) in [6.07, 6.45) is 2.19. The first-order valence-corrected chi connectivity index (χ1v) is 11.0. The minimum absolute atomic E-state index is 0.117. The van der Waals surface area contributed by atoms with Gasteiger partial charge in [0.2, 0.25) is 5.91 Å². The highest BCUT2D eigenvalue weighted by molar-refractivity contribution is 7.99. The van der Waals surface area contributed by atoms with Crippen molar-refractivity contribution in [3.63, 3.8) is 0 Å². The van der Waals surface area contributed by atoms with Crippen molar-refractivity contribution in [1.82, 2.24) is 14.7 Å². The zero-order valence-corrected chi connectivity index (χ0v) is 17.3. The first-order valence-electron chi connectivity index (χ1n) is 9.87. The quantitative estimate of drug-likeness (QED) is 0.619. The van der Waals surface area contributed by atoms with Gasteiger partial charge >= 0.3 is 0 Å². The van der Waals surface area contributed by atoms with Gasteiger partial charge in [0.15, 0.2) is 0 Å². The van der Waals surface area contributed by atoms with Crippen LogP contribution in [0, 0.1) is 0 Å². The predicted molar refractivity (Wildman–Crippen MR) is 117 cm³/mol. The number of hydrogen-bond acceptors (Lipinski definition) is 4. The molecule has 29 heavy (non-hydrogen) atoms. The van der Waals surface area contributed by atoms with E-state index in [1.165, 1.54) is 0 Å². The number of benzene rings is 2. The molecule has 0 bridgehead atoms. The second-order valence-electron chi connectivity index (χ2n) is 7.16. The van der Waals surface area contributed by atoms with Crippen molar-refractivity contribution in [2.24, 2.45) is 0 Å². The topological polar surface area (TPSA) is 47.4 Å². The molecular formula is C23H25N3O2S. The molecule has 5 nitrogen and oxygen atoms in total. The molecule has 150 valence electrons. The van der Waals surface area contributed by atoms with Crippen LogP contribution in [0.5, 0.6) is 0 Å². The summed E-state index contributed by atoms with van der Waals surface area (Å²) >= 11 is 1.64. The van der Waals surface area contributed by atoms with Crippen LogP contribution in [0.4, 0.5) is 0 Å². The molecule has 1 aliphatic rings. The van der Waals surface area contributed by atoms with E-state index in [1.54, 1.807) is 11.8 Å². The standard InChI is InChI=1S/C23H25N3O2S/c1-18-14-25(12-13-28-18)22(27)17-29-16-20-15-26(21-10-6-3-7-11-21)24-23(20)19-8-4-2-5-9-19/h2-11,15,18H,12-14,16-17H2,1H3/t18-/m1/s1. The molecule has 0 spiro atoms. The highest BCUT2D eigenvalue weighted by atomic mass is 32.2. The van der Waals surface area contributed by atoms with Crippen molar-refractivity contribution in [1.29, 1.82) is 0 Å². The lowest BCUT2D eigenvalue weighted by Crippen LogP contribution is -2.45. The van der Waals surface area contributed by atoms with Crippen LogP contribution in [-0.2, 0) is 15.3 Å². The molecule has 2 aromatic carbocycles. The number of rotatable bonds is 6. The van der Waals surface area contributed by atoms with Crippen LogP contribution in [0.3, 0.4) is 0 Å². The van der Waals surface area contributed by atoms with Gasteiger partial charge in [0.05, 0.1) is 29.8 Å². The van der Waals surface area contributed by atoms with Gasteiger partial charge in [0, 0.05) is 36.2 Å². The molecule has 0 N–H and O–H groups in total. The van der Waals surface area contributed by atoms with E-state index in [1.807, 2.05) is 65.0 Å². The fourth-order valence-corrected chi connectivity index (χ4v) is 4.34. The maximum Gasteiger partial charge on any atom is 0.232 e. The Kier molecular flexibility index (Phi) is 6.32. The van der Waals surface area contributed by atoms with Crippen molar-refractivity contribution in [2.45, 2.75) is 18.8 Å². The number of nitrogens with zero attached hydrogens (tertiary/aromatic N) is 3. The smallest absolute Gasteiger partial charge is 0.232 e. The average molecular weight is 408 g/mol. The van der Waals surface area contributed by atoms with Crippen LogP contribution in [-0.4, -0.2) is 52.1 Å². The molecule has 4 rings (SSSR count). The lowest BCUT2D eigenvalue weighted by Gasteiger charge is -2.31. The van der Waals surface area contributed by atoms with Crippen LogP contribution < -0.4 is 0 Å². The second-order valence-corrected chi connectivity index (χ2v) is 8.15. The number of amides is 1. The molecule has 1 atom stereocenters. The van der Waals surface area contributed by atoms with E-state index in [4.69, 9.17) is 9.84 Å². The summed E-state index contributed by atoms with van der Waals surface area (Å²) in [6.45, 7) is 4.00. The predicted octanol–water partition coefficient (Wildman–Crippen LogP) is 4.02. The molecule has 1 saturated heterocycles. The van der Waals surface area contributed by atoms with E-state index in [2.05, 4.69) is 18.3 Å². The van der Waals surface area contributed by atoms with Crippen LogP contribution in [0.15, 0.2) is 66.9 Å². The molecule has 1 amide bonds. The van der Waals surface area contributed by atoms with Gasteiger partial charge in [-0.05, 0) is 19.1 Å². The molecule has 0 unspecified atom stereocenters. The maximum atomic E-state index is 12.5. The number of carbonyl (C=O) groups is 1. The summed E-state index contributed by atoms with van der Waals surface area (Å²) in [5.41, 5.74) is 4.22. The number of carbonyl (C=O) groups excluding carboxylic acids is 1. The summed E-state index contributed by atoms with van der Waals surface area (Å²) in [5.74, 6) is 1.39. The van der Waals surface area contributed by atoms with Crippen LogP contribution >= 0.6 is 11.8 Å². The summed E-state index contributed by atoms with van der Waals surface area (Å²) in [5, 5.41) is 4.84. The van der Waals surface area contributed by atoms with Gasteiger partial charge in [-0.2, -0.15) is 5.10 Å². The average Bonchev–Trinajstić information content (AvgIpc) is 3.19. The van der Waals surface area contributed by atoms with Gasteiger partial charge in [0.25, 0.3) is 0 Å². The molecule has 3 aromatic rings. The molecule has 1 fully saturated rings. The van der Waals surface area contributed by atoms with Gasteiger partial charge in [-0.25, -0.2) is 4.68 Å². The number of hydrogen-bond donors (Lipinski definition) is 0. The Labute approximate surface area is 175 Å². The van der Waals surface area contributed by atoms with Crippen molar-refractivity contribution < 1.29 is 9.53 Å². The summed E-state index contributed by atoms with van der Waals surface area (Å²) in [7, 11) is 0. The minimum atomic E-state index is 0.117. The maximum absolute atomic E-state index is 12.5. The fraction of sp³-hybridized carbons (Fsp3) is 0.304. The van der Waals surface area contributed by atoms with Crippen LogP contribution in [0.1, 0.15) is 12.5 Å². The number of ether oxygens (including phenoxy) is 1. The summed E-state index contributed by atoms with van der Waals surface area (Å²) in [6, 6.07) is 20.3. The first-order chi connectivity index (χ1) is 14.2. The molecule has 2 heterocycles. The zero-order valence-electron chi connectivity index (χ0n) is 16.5. The van der Waals surface area contributed by atoms with Crippen LogP contribution in [0.2, 0.25) is 0 Å². The van der Waals surface area contributed by atoms with Crippen molar-refractivity contribution >= 4 is 17.7 Å². The number of para-hydroxylation sites is 1. The van der Waals surface area contributed by atoms with Gasteiger partial charge < -0.3 is 9.64 Å². The van der Waals surface area contributed by atoms with Crippen molar-refractivity contribution in [3.8, 4) is 16.9 Å². The zero-order chi connectivity index (χ0) is 20.1. The summed E-state index contributed by atoms with van der Waals surface area (Å²) in [4.78, 5) is 14.5. The molecule has 1 aromatic heterocycles. The van der Waals surface area contributed by atoms with Crippen molar-refractivity contribution in [3.05, 3.63) is 72.4 Å². The monoisotopic (exact) mass is 407 g/mol. The number of aromatic nitrogens is 2. The molecule has 0 radical (unpaired) electrons. The second kappa shape index (κ2) is 9.29. The molecule has 0 aliphatic carbocycles. The van der Waals surface area contributed by atoms with E-state index in [-0.39, 0.29) is 12.0 Å². The van der Waals surface area contributed by atoms with E-state index in [9.17, 15) is 4.79 Å². The lowest BCUT2D eigenvalue weighted by atomic mass is 10.1. The van der Waals surface area contributed by atoms with Gasteiger partial charge in [0.1, 0.15) is 0 Å². The van der Waals surface area contributed by atoms with E-state index in [0.717, 1.165) is 28.3 Å². The Bertz CT molecular complexity index is 943. The minimum Gasteiger partial charge on any atom is -0.375 e. The molecule has 1 aliphatic heterocycles. The van der Waals surface area contributed by atoms with E-state index >= 15 is 0 Å². The first kappa shape index (κ1) is 19.7. The normalized spacial score (nSPS) is 16.7. The molecular weight excluding hydrogens is 382 g/mol. The third kappa shape index (κ3) is 4.89. The highest BCUT2D eigenvalue weighted by Crippen LogP contribution is 2.27. The number of morpholine rings is 1. The third-order valence-corrected chi connectivity index (χ3v) is 5.90. The van der Waals surface area contributed by atoms with E-state index < -0.39 is 0 Å². The van der Waals surface area contributed by atoms with Gasteiger partial charge in [-0.1, -0.05) is 48.5 Å². The van der Waals surface area contributed by atoms with E-state index in [0.29, 0.717) is 25.4 Å². The Morgan fingerprint density at radius 2 is 1.86 bits per heavy atom. The molecule has 6 heteroatoms. The highest BCUT2D eigenvalue weighted by Gasteiger charge is 2.21. The summed E-state index contributed by atoms with van der Waals surface area (Å²) < 4.78 is 7.45. The van der Waals surface area contributed by atoms with Gasteiger partial charge in [-0.3, -0.25) is 4.79 Å². The Hall–Kier alpha value is -2.57. The van der Waals surface area contributed by atoms with Crippen molar-refractivity contribution in [2.75, 3.05) is 25.4 Å². The Morgan fingerprint density at radius 3 is 2.59 bits per heavy atom. The Balaban J connectivity index is 1.48. The van der Waals surface area contributed by atoms with Crippen LogP contribution in [0.25, 0.3) is 16.9 Å². The lowest BCUT2D eigenvalue weighted by molar-refractivity contribution is -0.135. The molecule has 0 saturated carbocycles. The number of thioether (sulfide) groups is 1. The largest absolute Gasteiger partial charge is 0.375 e. The third-order valence-electron chi connectivity index (χ3n) is 4.93. The Morgan fingerprint density at radius 1 is 1.14 bits per heavy atom. The SMILES string of the molecule is C[C@@H]1CN(C(=O)CSCc2cn(-c3ccccc3)nc2-c2ccccc2)CCO1. The van der Waals surface area contributed by atoms with Gasteiger partial charge in [-0.15, -0.1) is 11.8 Å². The fourth-order valence-electron chi connectivity index (χ4n) is 3.45.